The van der Waals surface area contributed by atoms with Crippen molar-refractivity contribution in [1.82, 2.24) is 4.72 Å². The number of carbonyl (C=O) groups excluding carboxylic acids is 1. The monoisotopic (exact) mass is 407 g/mol. The van der Waals surface area contributed by atoms with Gasteiger partial charge in [0.1, 0.15) is 0 Å². The second-order valence-corrected chi connectivity index (χ2v) is 8.81. The zero-order chi connectivity index (χ0) is 17.9. The van der Waals surface area contributed by atoms with Crippen LogP contribution in [-0.2, 0) is 16.4 Å². The predicted octanol–water partition coefficient (Wildman–Crippen LogP) is 2.98. The summed E-state index contributed by atoms with van der Waals surface area (Å²) in [6.07, 6.45) is 1.60. The van der Waals surface area contributed by atoms with E-state index >= 15 is 0 Å². The fourth-order valence-corrected chi connectivity index (χ4v) is 3.71. The first kappa shape index (κ1) is 19.0. The molecule has 1 aromatic carbocycles. The molecule has 0 radical (unpaired) electrons. The first-order valence-corrected chi connectivity index (χ1v) is 10.2. The number of thiophene rings is 1. The average Bonchev–Trinajstić information content (AvgIpc) is 2.92. The summed E-state index contributed by atoms with van der Waals surface area (Å²) in [5, 5.41) is 3.22. The summed E-state index contributed by atoms with van der Waals surface area (Å²) >= 11 is 13.1. The van der Waals surface area contributed by atoms with Gasteiger partial charge in [-0.05, 0) is 30.7 Å². The Morgan fingerprint density at radius 3 is 2.46 bits per heavy atom. The summed E-state index contributed by atoms with van der Waals surface area (Å²) < 4.78 is 24.4. The van der Waals surface area contributed by atoms with Crippen molar-refractivity contribution in [3.8, 4) is 0 Å². The highest BCUT2D eigenvalue weighted by atomic mass is 35.5. The number of sulfonamides is 1. The lowest BCUT2D eigenvalue weighted by Gasteiger charge is -2.07. The topological polar surface area (TPSA) is 101 Å². The third kappa shape index (κ3) is 5.35. The Morgan fingerprint density at radius 1 is 1.25 bits per heavy atom. The number of hydrogen-bond donors (Lipinski definition) is 3. The van der Waals surface area contributed by atoms with Gasteiger partial charge >= 0.3 is 0 Å². The van der Waals surface area contributed by atoms with Gasteiger partial charge in [-0.15, -0.1) is 11.3 Å². The van der Waals surface area contributed by atoms with Crippen molar-refractivity contribution >= 4 is 61.8 Å². The summed E-state index contributed by atoms with van der Waals surface area (Å²) in [7, 11) is -3.22. The maximum Gasteiger partial charge on any atom is 0.265 e. The number of rotatable bonds is 6. The van der Waals surface area contributed by atoms with Crippen molar-refractivity contribution in [2.75, 3.05) is 23.9 Å². The first-order chi connectivity index (χ1) is 11.2. The number of nitrogen functional groups attached to an aromatic ring is 1. The number of nitrogens with one attached hydrogen (secondary N) is 2. The van der Waals surface area contributed by atoms with E-state index < -0.39 is 10.0 Å². The lowest BCUT2D eigenvalue weighted by Crippen LogP contribution is -2.24. The van der Waals surface area contributed by atoms with Crippen molar-refractivity contribution in [2.45, 2.75) is 6.42 Å². The molecule has 24 heavy (non-hydrogen) atoms. The van der Waals surface area contributed by atoms with E-state index in [2.05, 4.69) is 10.0 Å². The van der Waals surface area contributed by atoms with Gasteiger partial charge in [-0.3, -0.25) is 4.79 Å². The number of halogens is 2. The second-order valence-electron chi connectivity index (χ2n) is 4.99. The third-order valence-electron chi connectivity index (χ3n) is 2.96. The zero-order valence-electron chi connectivity index (χ0n) is 12.6. The van der Waals surface area contributed by atoms with Gasteiger partial charge in [-0.25, -0.2) is 13.1 Å². The Morgan fingerprint density at radius 2 is 1.88 bits per heavy atom. The molecule has 4 N–H and O–H groups in total. The Hall–Kier alpha value is -1.32. The number of nitrogens with two attached hydrogens (primary N) is 1. The minimum Gasteiger partial charge on any atom is -0.396 e. The maximum atomic E-state index is 12.2. The largest absolute Gasteiger partial charge is 0.396 e. The van der Waals surface area contributed by atoms with E-state index in [4.69, 9.17) is 28.9 Å². The van der Waals surface area contributed by atoms with Gasteiger partial charge in [0.2, 0.25) is 10.0 Å². The molecule has 0 aliphatic heterocycles. The van der Waals surface area contributed by atoms with E-state index in [1.807, 2.05) is 0 Å². The fraction of sp³-hybridized carbons (Fsp3) is 0.214. The van der Waals surface area contributed by atoms with Crippen molar-refractivity contribution in [3.63, 3.8) is 0 Å². The average molecular weight is 408 g/mol. The highest BCUT2D eigenvalue weighted by Gasteiger charge is 2.12. The van der Waals surface area contributed by atoms with Crippen LogP contribution in [0.25, 0.3) is 0 Å². The van der Waals surface area contributed by atoms with E-state index in [-0.39, 0.29) is 28.2 Å². The standard InChI is InChI=1S/C14H15Cl2N3O3S2/c1-24(21,22)18-5-4-9-2-3-12(23-9)14(20)19-8-6-10(15)13(17)11(16)7-8/h2-3,6-7,18H,4-5,17H2,1H3,(H,19,20). The molecule has 2 rings (SSSR count). The van der Waals surface area contributed by atoms with Crippen molar-refractivity contribution < 1.29 is 13.2 Å². The molecule has 0 unspecified atom stereocenters. The Labute approximate surface area is 154 Å². The highest BCUT2D eigenvalue weighted by Crippen LogP contribution is 2.31. The van der Waals surface area contributed by atoms with Crippen LogP contribution in [0, 0.1) is 0 Å². The van der Waals surface area contributed by atoms with Crippen LogP contribution in [0.5, 0.6) is 0 Å². The van der Waals surface area contributed by atoms with E-state index in [1.54, 1.807) is 12.1 Å². The van der Waals surface area contributed by atoms with Crippen LogP contribution in [0.15, 0.2) is 24.3 Å². The second kappa shape index (κ2) is 7.71. The molecule has 10 heteroatoms. The van der Waals surface area contributed by atoms with Crippen LogP contribution in [0.3, 0.4) is 0 Å². The summed E-state index contributed by atoms with van der Waals surface area (Å²) in [5.41, 5.74) is 6.35. The Balaban J connectivity index is 2.01. The molecule has 0 aliphatic rings. The molecular formula is C14H15Cl2N3O3S2. The van der Waals surface area contributed by atoms with Crippen LogP contribution in [0.2, 0.25) is 10.0 Å². The lowest BCUT2D eigenvalue weighted by atomic mass is 10.2. The fourth-order valence-electron chi connectivity index (χ4n) is 1.84. The molecule has 0 fully saturated rings. The molecule has 0 saturated carbocycles. The molecule has 0 spiro atoms. The molecule has 6 nitrogen and oxygen atoms in total. The summed E-state index contributed by atoms with van der Waals surface area (Å²) in [4.78, 5) is 13.6. The summed E-state index contributed by atoms with van der Waals surface area (Å²) in [6, 6.07) is 6.50. The van der Waals surface area contributed by atoms with E-state index in [1.165, 1.54) is 23.5 Å². The van der Waals surface area contributed by atoms with Crippen molar-refractivity contribution in [1.29, 1.82) is 0 Å². The number of amides is 1. The Kier molecular flexibility index (Phi) is 6.11. The smallest absolute Gasteiger partial charge is 0.265 e. The first-order valence-electron chi connectivity index (χ1n) is 6.75. The summed E-state index contributed by atoms with van der Waals surface area (Å²) in [6.45, 7) is 0.281. The molecule has 0 aliphatic carbocycles. The molecule has 0 atom stereocenters. The van der Waals surface area contributed by atoms with Gasteiger partial charge in [0.25, 0.3) is 5.91 Å². The summed E-state index contributed by atoms with van der Waals surface area (Å²) in [5.74, 6) is -0.306. The van der Waals surface area contributed by atoms with Gasteiger partial charge in [0.05, 0.1) is 26.9 Å². The van der Waals surface area contributed by atoms with E-state index in [0.717, 1.165) is 11.1 Å². The minimum absolute atomic E-state index is 0.258. The van der Waals surface area contributed by atoms with Gasteiger partial charge in [0, 0.05) is 17.1 Å². The van der Waals surface area contributed by atoms with Gasteiger partial charge in [-0.1, -0.05) is 23.2 Å². The van der Waals surface area contributed by atoms with Gasteiger partial charge in [-0.2, -0.15) is 0 Å². The SMILES string of the molecule is CS(=O)(=O)NCCc1ccc(C(=O)Nc2cc(Cl)c(N)c(Cl)c2)s1. The van der Waals surface area contributed by atoms with Gasteiger partial charge < -0.3 is 11.1 Å². The van der Waals surface area contributed by atoms with Crippen LogP contribution >= 0.6 is 34.5 Å². The number of hydrogen-bond acceptors (Lipinski definition) is 5. The molecule has 130 valence electrons. The van der Waals surface area contributed by atoms with E-state index in [9.17, 15) is 13.2 Å². The highest BCUT2D eigenvalue weighted by molar-refractivity contribution is 7.88. The molecule has 0 bridgehead atoms. The molecule has 1 amide bonds. The van der Waals surface area contributed by atoms with E-state index in [0.29, 0.717) is 17.0 Å². The molecule has 0 saturated heterocycles. The lowest BCUT2D eigenvalue weighted by molar-refractivity contribution is 0.103. The predicted molar refractivity (Wildman–Crippen MR) is 99.7 cm³/mol. The number of carbonyl (C=O) groups is 1. The van der Waals surface area contributed by atoms with Gasteiger partial charge in [0.15, 0.2) is 0 Å². The molecule has 1 heterocycles. The molecule has 2 aromatic rings. The van der Waals surface area contributed by atoms with Crippen LogP contribution in [0.4, 0.5) is 11.4 Å². The minimum atomic E-state index is -3.22. The van der Waals surface area contributed by atoms with Crippen molar-refractivity contribution in [3.05, 3.63) is 44.1 Å². The van der Waals surface area contributed by atoms with Crippen LogP contribution in [-0.4, -0.2) is 27.1 Å². The van der Waals surface area contributed by atoms with Crippen molar-refractivity contribution in [2.24, 2.45) is 0 Å². The third-order valence-corrected chi connectivity index (χ3v) is 5.46. The number of benzene rings is 1. The van der Waals surface area contributed by atoms with Crippen LogP contribution < -0.4 is 15.8 Å². The number of anilines is 2. The maximum absolute atomic E-state index is 12.2. The molecular weight excluding hydrogens is 393 g/mol. The quantitative estimate of drug-likeness (QED) is 0.640. The van der Waals surface area contributed by atoms with Crippen LogP contribution in [0.1, 0.15) is 14.5 Å². The molecule has 1 aromatic heterocycles. The Bertz CT molecular complexity index is 843. The normalized spacial score (nSPS) is 11.5. The zero-order valence-corrected chi connectivity index (χ0v) is 15.7.